The van der Waals surface area contributed by atoms with Gasteiger partial charge in [-0.25, -0.2) is 4.58 Å². The Balaban J connectivity index is 1.90. The zero-order valence-corrected chi connectivity index (χ0v) is 12.9. The molecule has 3 heteroatoms. The lowest BCUT2D eigenvalue weighted by atomic mass is 9.98. The molecule has 0 bridgehead atoms. The van der Waals surface area contributed by atoms with Crippen molar-refractivity contribution in [2.75, 3.05) is 20.3 Å². The number of aliphatic hydroxyl groups is 1. The van der Waals surface area contributed by atoms with Crippen LogP contribution in [-0.4, -0.2) is 42.2 Å². The highest BCUT2D eigenvalue weighted by Crippen LogP contribution is 2.21. The number of hydrogen-bond acceptors (Lipinski definition) is 2. The van der Waals surface area contributed by atoms with E-state index < -0.39 is 6.10 Å². The van der Waals surface area contributed by atoms with Crippen molar-refractivity contribution in [1.82, 2.24) is 0 Å². The smallest absolute Gasteiger partial charge is 0.205 e. The molecule has 1 aliphatic rings. The summed E-state index contributed by atoms with van der Waals surface area (Å²) in [4.78, 5) is 0. The molecule has 0 spiro atoms. The number of rotatable bonds is 5. The van der Waals surface area contributed by atoms with Crippen molar-refractivity contribution in [3.63, 3.8) is 0 Å². The molecule has 3 nitrogen and oxygen atoms in total. The summed E-state index contributed by atoms with van der Waals surface area (Å²) < 4.78 is 7.58. The van der Waals surface area contributed by atoms with Crippen LogP contribution < -0.4 is 0 Å². The second kappa shape index (κ2) is 6.86. The molecule has 2 atom stereocenters. The standard InChI is InChI=1S/C19H22NO2/c1-22-14-18(19(21)16-8-3-2-4-9-16)20-12-11-15-7-5-6-10-17(15)13-20/h2-10,13,18-19,21H,11-12,14H2,1H3/q+1/t18-,19-/m0/s1. The van der Waals surface area contributed by atoms with Gasteiger partial charge in [0.15, 0.2) is 6.21 Å². The number of fused-ring (bicyclic) bond motifs is 1. The molecular weight excluding hydrogens is 274 g/mol. The largest absolute Gasteiger partial charge is 0.381 e. The Bertz CT molecular complexity index is 651. The predicted molar refractivity (Wildman–Crippen MR) is 87.5 cm³/mol. The Morgan fingerprint density at radius 1 is 1.09 bits per heavy atom. The monoisotopic (exact) mass is 296 g/mol. The van der Waals surface area contributed by atoms with Crippen molar-refractivity contribution in [3.05, 3.63) is 71.3 Å². The SMILES string of the molecule is COC[C@@H]([C@@H](O)c1ccccc1)[N+]1=Cc2ccccc2CC1. The highest BCUT2D eigenvalue weighted by Gasteiger charge is 2.32. The molecule has 0 fully saturated rings. The van der Waals surface area contributed by atoms with E-state index in [4.69, 9.17) is 4.74 Å². The molecule has 1 N–H and O–H groups in total. The van der Waals surface area contributed by atoms with Crippen LogP contribution in [0.3, 0.4) is 0 Å². The van der Waals surface area contributed by atoms with Crippen molar-refractivity contribution >= 4 is 6.21 Å². The van der Waals surface area contributed by atoms with Crippen LogP contribution in [-0.2, 0) is 11.2 Å². The number of hydrogen-bond donors (Lipinski definition) is 1. The van der Waals surface area contributed by atoms with E-state index in [9.17, 15) is 5.11 Å². The Labute approximate surface area is 131 Å². The number of aliphatic hydroxyl groups excluding tert-OH is 1. The maximum Gasteiger partial charge on any atom is 0.205 e. The van der Waals surface area contributed by atoms with E-state index in [0.717, 1.165) is 18.5 Å². The lowest BCUT2D eigenvalue weighted by Gasteiger charge is -2.23. The van der Waals surface area contributed by atoms with Gasteiger partial charge in [-0.15, -0.1) is 0 Å². The first kappa shape index (κ1) is 14.9. The Morgan fingerprint density at radius 3 is 2.59 bits per heavy atom. The van der Waals surface area contributed by atoms with Gasteiger partial charge in [-0.3, -0.25) is 0 Å². The van der Waals surface area contributed by atoms with Gasteiger partial charge in [-0.1, -0.05) is 48.5 Å². The minimum Gasteiger partial charge on any atom is -0.381 e. The average molecular weight is 296 g/mol. The van der Waals surface area contributed by atoms with Crippen molar-refractivity contribution in [2.24, 2.45) is 0 Å². The van der Waals surface area contributed by atoms with E-state index in [1.54, 1.807) is 7.11 Å². The second-order valence-electron chi connectivity index (χ2n) is 5.69. The summed E-state index contributed by atoms with van der Waals surface area (Å²) in [6.45, 7) is 1.39. The lowest BCUT2D eigenvalue weighted by Crippen LogP contribution is -2.40. The molecule has 0 saturated heterocycles. The molecule has 2 aromatic carbocycles. The lowest BCUT2D eigenvalue weighted by molar-refractivity contribution is -0.577. The molecule has 0 aromatic heterocycles. The fourth-order valence-electron chi connectivity index (χ4n) is 3.05. The van der Waals surface area contributed by atoms with E-state index in [1.165, 1.54) is 11.1 Å². The van der Waals surface area contributed by atoms with Crippen LogP contribution in [0.25, 0.3) is 0 Å². The molecule has 0 saturated carbocycles. The third-order valence-electron chi connectivity index (χ3n) is 4.27. The first-order chi connectivity index (χ1) is 10.8. The Hall–Kier alpha value is -1.97. The summed E-state index contributed by atoms with van der Waals surface area (Å²) >= 11 is 0. The Kier molecular flexibility index (Phi) is 4.66. The third kappa shape index (κ3) is 3.11. The van der Waals surface area contributed by atoms with Crippen LogP contribution in [0, 0.1) is 0 Å². The topological polar surface area (TPSA) is 32.5 Å². The van der Waals surface area contributed by atoms with Crippen LogP contribution in [0.2, 0.25) is 0 Å². The highest BCUT2D eigenvalue weighted by atomic mass is 16.5. The van der Waals surface area contributed by atoms with Crippen LogP contribution in [0.1, 0.15) is 22.8 Å². The van der Waals surface area contributed by atoms with Crippen LogP contribution in [0.15, 0.2) is 54.6 Å². The van der Waals surface area contributed by atoms with E-state index in [-0.39, 0.29) is 6.04 Å². The molecule has 0 unspecified atom stereocenters. The van der Waals surface area contributed by atoms with Gasteiger partial charge in [0.05, 0.1) is 0 Å². The van der Waals surface area contributed by atoms with E-state index in [1.807, 2.05) is 30.3 Å². The van der Waals surface area contributed by atoms with E-state index >= 15 is 0 Å². The highest BCUT2D eigenvalue weighted by molar-refractivity contribution is 5.78. The van der Waals surface area contributed by atoms with Crippen molar-refractivity contribution < 1.29 is 14.4 Å². The number of ether oxygens (including phenoxy) is 1. The minimum atomic E-state index is -0.567. The van der Waals surface area contributed by atoms with Gasteiger partial charge in [-0.05, 0) is 17.2 Å². The van der Waals surface area contributed by atoms with Gasteiger partial charge in [-0.2, -0.15) is 0 Å². The Morgan fingerprint density at radius 2 is 1.82 bits per heavy atom. The van der Waals surface area contributed by atoms with Crippen LogP contribution in [0.4, 0.5) is 0 Å². The van der Waals surface area contributed by atoms with Gasteiger partial charge >= 0.3 is 0 Å². The summed E-state index contributed by atoms with van der Waals surface area (Å²) in [6, 6.07) is 18.1. The quantitative estimate of drug-likeness (QED) is 0.860. The first-order valence-electron chi connectivity index (χ1n) is 7.70. The van der Waals surface area contributed by atoms with Crippen LogP contribution >= 0.6 is 0 Å². The summed E-state index contributed by atoms with van der Waals surface area (Å²) in [7, 11) is 1.68. The van der Waals surface area contributed by atoms with Crippen molar-refractivity contribution in [2.45, 2.75) is 18.6 Å². The molecule has 114 valence electrons. The third-order valence-corrected chi connectivity index (χ3v) is 4.27. The number of nitrogens with zero attached hydrogens (tertiary/aromatic N) is 1. The zero-order chi connectivity index (χ0) is 15.4. The van der Waals surface area contributed by atoms with Crippen molar-refractivity contribution in [1.29, 1.82) is 0 Å². The predicted octanol–water partition coefficient (Wildman–Crippen LogP) is 2.42. The fraction of sp³-hybridized carbons (Fsp3) is 0.316. The van der Waals surface area contributed by atoms with E-state index in [0.29, 0.717) is 6.61 Å². The normalized spacial score (nSPS) is 16.5. The molecule has 2 aromatic rings. The molecule has 3 rings (SSSR count). The molecule has 0 aliphatic carbocycles. The first-order valence-corrected chi connectivity index (χ1v) is 7.70. The molecule has 1 heterocycles. The maximum absolute atomic E-state index is 10.8. The van der Waals surface area contributed by atoms with Gasteiger partial charge < -0.3 is 9.84 Å². The number of benzene rings is 2. The summed E-state index contributed by atoms with van der Waals surface area (Å²) in [5, 5.41) is 10.8. The average Bonchev–Trinajstić information content (AvgIpc) is 2.59. The van der Waals surface area contributed by atoms with Crippen LogP contribution in [0.5, 0.6) is 0 Å². The van der Waals surface area contributed by atoms with Crippen molar-refractivity contribution in [3.8, 4) is 0 Å². The fourth-order valence-corrected chi connectivity index (χ4v) is 3.05. The van der Waals surface area contributed by atoms with Gasteiger partial charge in [0.1, 0.15) is 19.3 Å². The second-order valence-corrected chi connectivity index (χ2v) is 5.69. The van der Waals surface area contributed by atoms with Gasteiger partial charge in [0.25, 0.3) is 0 Å². The molecular formula is C19H22NO2+. The molecule has 0 radical (unpaired) electrons. The van der Waals surface area contributed by atoms with E-state index in [2.05, 4.69) is 35.1 Å². The van der Waals surface area contributed by atoms with Gasteiger partial charge in [0, 0.05) is 19.1 Å². The maximum atomic E-state index is 10.8. The minimum absolute atomic E-state index is 0.0826. The zero-order valence-electron chi connectivity index (χ0n) is 12.9. The summed E-state index contributed by atoms with van der Waals surface area (Å²) in [5.41, 5.74) is 3.52. The molecule has 0 amide bonds. The summed E-state index contributed by atoms with van der Waals surface area (Å²) in [6.07, 6.45) is 2.57. The molecule has 22 heavy (non-hydrogen) atoms. The molecule has 1 aliphatic heterocycles. The number of methoxy groups -OCH3 is 1. The summed E-state index contributed by atoms with van der Waals surface area (Å²) in [5.74, 6) is 0. The van der Waals surface area contributed by atoms with Gasteiger partial charge in [0.2, 0.25) is 6.04 Å².